The number of fused-ring (bicyclic) bond motifs is 1. The van der Waals surface area contributed by atoms with Gasteiger partial charge in [-0.2, -0.15) is 0 Å². The number of hydrogen-bond donors (Lipinski definition) is 1. The molecule has 2 aromatic carbocycles. The van der Waals surface area contributed by atoms with Crippen LogP contribution in [-0.4, -0.2) is 69.6 Å². The molecule has 1 aromatic heterocycles. The molecule has 2 aliphatic rings. The van der Waals surface area contributed by atoms with Crippen molar-refractivity contribution >= 4 is 35.2 Å². The number of aryl methyl sites for hydroxylation is 2. The molecule has 42 heavy (non-hydrogen) atoms. The van der Waals surface area contributed by atoms with Gasteiger partial charge >= 0.3 is 11.9 Å². The van der Waals surface area contributed by atoms with E-state index in [0.29, 0.717) is 63.4 Å². The summed E-state index contributed by atoms with van der Waals surface area (Å²) in [7, 11) is 1.49. The van der Waals surface area contributed by atoms with Crippen LogP contribution in [0.1, 0.15) is 45.0 Å². The van der Waals surface area contributed by atoms with E-state index in [4.69, 9.17) is 41.5 Å². The molecule has 1 N–H and O–H groups in total. The third kappa shape index (κ3) is 6.38. The van der Waals surface area contributed by atoms with Crippen molar-refractivity contribution in [3.63, 3.8) is 0 Å². The number of hydrogen-bond acceptors (Lipinski definition) is 9. The van der Waals surface area contributed by atoms with Crippen LogP contribution < -0.4 is 10.6 Å². The van der Waals surface area contributed by atoms with E-state index < -0.39 is 16.4 Å². The lowest BCUT2D eigenvalue weighted by molar-refractivity contribution is 0.0525. The van der Waals surface area contributed by atoms with Gasteiger partial charge in [0.2, 0.25) is 0 Å². The fraction of sp³-hybridized carbons (Fsp3) is 0.414. The van der Waals surface area contributed by atoms with Gasteiger partial charge in [-0.15, -0.1) is 0 Å². The molecule has 2 aliphatic heterocycles. The minimum Gasteiger partial charge on any atom is -0.504 e. The molecule has 3 heterocycles. The quantitative estimate of drug-likeness (QED) is 0.288. The van der Waals surface area contributed by atoms with E-state index in [-0.39, 0.29) is 29.8 Å². The van der Waals surface area contributed by atoms with Crippen LogP contribution in [0.25, 0.3) is 0 Å². The largest absolute Gasteiger partial charge is 0.519 e. The zero-order valence-electron chi connectivity index (χ0n) is 23.2. The normalized spacial score (nSPS) is 15.5. The Morgan fingerprint density at radius 2 is 1.79 bits per heavy atom. The molecular weight excluding hydrogens is 589 g/mol. The Bertz CT molecular complexity index is 1530. The van der Waals surface area contributed by atoms with Gasteiger partial charge in [-0.3, -0.25) is 9.69 Å². The molecule has 2 amide bonds. The van der Waals surface area contributed by atoms with Crippen molar-refractivity contribution < 1.29 is 33.0 Å². The van der Waals surface area contributed by atoms with Gasteiger partial charge < -0.3 is 33.2 Å². The third-order valence-electron chi connectivity index (χ3n) is 7.62. The fourth-order valence-corrected chi connectivity index (χ4v) is 5.60. The number of carbonyl (C=O) groups excluding carboxylic acids is 2. The van der Waals surface area contributed by atoms with Gasteiger partial charge in [0, 0.05) is 44.8 Å². The van der Waals surface area contributed by atoms with Crippen LogP contribution in [-0.2, 0) is 30.9 Å². The van der Waals surface area contributed by atoms with Crippen molar-refractivity contribution in [3.8, 4) is 11.5 Å². The van der Waals surface area contributed by atoms with E-state index in [1.807, 2.05) is 17.0 Å². The van der Waals surface area contributed by atoms with E-state index in [1.165, 1.54) is 12.0 Å². The summed E-state index contributed by atoms with van der Waals surface area (Å²) in [6, 6.07) is 10.8. The summed E-state index contributed by atoms with van der Waals surface area (Å²) >= 11 is 13.7. The molecule has 3 aromatic rings. The molecule has 11 nitrogen and oxygen atoms in total. The smallest absolute Gasteiger partial charge is 0.504 e. The van der Waals surface area contributed by atoms with E-state index in [0.717, 1.165) is 16.7 Å². The van der Waals surface area contributed by atoms with Crippen LogP contribution in [0.3, 0.4) is 0 Å². The van der Waals surface area contributed by atoms with Gasteiger partial charge in [-0.05, 0) is 54.7 Å². The number of rotatable bonds is 8. The predicted octanol–water partition coefficient (Wildman–Crippen LogP) is 4.43. The molecule has 0 atom stereocenters. The topological polar surface area (TPSA) is 126 Å². The summed E-state index contributed by atoms with van der Waals surface area (Å²) in [5, 5.41) is 9.85. The van der Waals surface area contributed by atoms with Crippen LogP contribution in [0.15, 0.2) is 50.0 Å². The highest BCUT2D eigenvalue weighted by atomic mass is 35.5. The number of benzene rings is 2. The molecule has 13 heteroatoms. The van der Waals surface area contributed by atoms with Crippen LogP contribution in [0.5, 0.6) is 11.5 Å². The van der Waals surface area contributed by atoms with E-state index in [2.05, 4.69) is 0 Å². The molecule has 0 radical (unpaired) electrons. The van der Waals surface area contributed by atoms with Crippen LogP contribution >= 0.6 is 23.2 Å². The average molecular weight is 620 g/mol. The summed E-state index contributed by atoms with van der Waals surface area (Å²) in [6.45, 7) is 3.53. The number of methoxy groups -OCH3 is 1. The van der Waals surface area contributed by atoms with Crippen LogP contribution in [0.2, 0.25) is 0 Å². The first kappa shape index (κ1) is 29.8. The summed E-state index contributed by atoms with van der Waals surface area (Å²) in [4.78, 5) is 42.4. The van der Waals surface area contributed by atoms with Crippen molar-refractivity contribution in [1.29, 1.82) is 0 Å². The Morgan fingerprint density at radius 3 is 2.48 bits per heavy atom. The first-order valence-corrected chi connectivity index (χ1v) is 14.2. The number of phenolic OH excluding ortho intramolecular Hbond substituents is 1. The maximum absolute atomic E-state index is 13.6. The maximum atomic E-state index is 13.6. The minimum absolute atomic E-state index is 0.0643. The third-order valence-corrected chi connectivity index (χ3v) is 8.48. The average Bonchev–Trinajstić information content (AvgIpc) is 3.57. The Labute approximate surface area is 252 Å². The summed E-state index contributed by atoms with van der Waals surface area (Å²) < 4.78 is 18.9. The number of nitrogens with zero attached hydrogens (tertiary/aromatic N) is 3. The van der Waals surface area contributed by atoms with E-state index in [1.54, 1.807) is 36.1 Å². The molecule has 0 saturated carbocycles. The first-order valence-electron chi connectivity index (χ1n) is 13.5. The van der Waals surface area contributed by atoms with Crippen LogP contribution in [0, 0.1) is 6.92 Å². The summed E-state index contributed by atoms with van der Waals surface area (Å²) in [6.07, 6.45) is 0.421. The van der Waals surface area contributed by atoms with Gasteiger partial charge in [0.1, 0.15) is 0 Å². The second-order valence-corrected chi connectivity index (χ2v) is 11.7. The number of phenols is 1. The molecule has 5 rings (SSSR count). The first-order chi connectivity index (χ1) is 20.1. The highest BCUT2D eigenvalue weighted by Gasteiger charge is 2.38. The second-order valence-electron chi connectivity index (χ2n) is 10.2. The Kier molecular flexibility index (Phi) is 8.72. The molecular formula is C29H31Cl2N3O8. The second kappa shape index (κ2) is 12.3. The monoisotopic (exact) mass is 619 g/mol. The highest BCUT2D eigenvalue weighted by Crippen LogP contribution is 2.40. The molecule has 1 saturated heterocycles. The molecule has 0 aliphatic carbocycles. The van der Waals surface area contributed by atoms with Crippen molar-refractivity contribution in [3.05, 3.63) is 80.8 Å². The van der Waals surface area contributed by atoms with Crippen molar-refractivity contribution in [2.75, 3.05) is 33.3 Å². The highest BCUT2D eigenvalue weighted by molar-refractivity contribution is 6.48. The number of ether oxygens (including phenoxy) is 2. The molecule has 0 spiro atoms. The summed E-state index contributed by atoms with van der Waals surface area (Å²) in [5.41, 5.74) is 3.39. The van der Waals surface area contributed by atoms with Gasteiger partial charge in [-0.25, -0.2) is 9.59 Å². The Hall–Kier alpha value is -3.67. The molecule has 224 valence electrons. The maximum Gasteiger partial charge on any atom is 0.519 e. The van der Waals surface area contributed by atoms with Crippen molar-refractivity contribution in [1.82, 2.24) is 14.7 Å². The number of amides is 2. The van der Waals surface area contributed by atoms with Gasteiger partial charge in [-0.1, -0.05) is 41.4 Å². The van der Waals surface area contributed by atoms with Crippen molar-refractivity contribution in [2.24, 2.45) is 0 Å². The Balaban J connectivity index is 1.17. The number of aromatic hydroxyl groups is 1. The minimum atomic E-state index is -1.19. The van der Waals surface area contributed by atoms with Crippen molar-refractivity contribution in [2.45, 2.75) is 43.9 Å². The number of piperazine rings is 1. The number of alkyl halides is 2. The molecule has 0 bridgehead atoms. The Morgan fingerprint density at radius 1 is 1.05 bits per heavy atom. The number of halogens is 2. The van der Waals surface area contributed by atoms with E-state index >= 15 is 0 Å². The zero-order chi connectivity index (χ0) is 30.0. The number of carbonyl (C=O) groups is 2. The predicted molar refractivity (Wildman–Crippen MR) is 153 cm³/mol. The van der Waals surface area contributed by atoms with Gasteiger partial charge in [0.05, 0.1) is 7.11 Å². The zero-order valence-corrected chi connectivity index (χ0v) is 24.7. The SMILES string of the molecule is COc1cc(CCC(Cl)(Cl)N2Cc3cccc(C(=O)N4CCN(C(=O)OCc5oc(=O)oc5C)CC4)c3C2)ccc1O. The summed E-state index contributed by atoms with van der Waals surface area (Å²) in [5.74, 6) is -0.101. The van der Waals surface area contributed by atoms with Gasteiger partial charge in [0.25, 0.3) is 5.91 Å². The molecule has 1 fully saturated rings. The van der Waals surface area contributed by atoms with Crippen LogP contribution in [0.4, 0.5) is 4.79 Å². The fourth-order valence-electron chi connectivity index (χ4n) is 5.17. The standard InChI is InChI=1S/C29H31Cl2N3O8/c1-18-25(42-28(38)41-18)17-40-27(37)33-12-10-32(11-13-33)26(36)21-5-3-4-20-15-34(16-22(20)21)29(30,31)9-8-19-6-7-23(35)24(14-19)39-2/h3-7,14,35H,8-13,15-17H2,1-2H3. The van der Waals surface area contributed by atoms with Gasteiger partial charge in [0.15, 0.2) is 34.1 Å². The lowest BCUT2D eigenvalue weighted by atomic mass is 10.0. The molecule has 0 unspecified atom stereocenters. The lowest BCUT2D eigenvalue weighted by Crippen LogP contribution is -2.50. The van der Waals surface area contributed by atoms with E-state index in [9.17, 15) is 19.5 Å². The lowest BCUT2D eigenvalue weighted by Gasteiger charge is -2.34.